The number of nitriles is 2. The van der Waals surface area contributed by atoms with Gasteiger partial charge in [-0.25, -0.2) is 0 Å². The predicted molar refractivity (Wildman–Crippen MR) is 224 cm³/mol. The topological polar surface area (TPSA) is 62.4 Å². The number of rotatable bonds is 4. The van der Waals surface area contributed by atoms with E-state index in [0.717, 1.165) is 61.0 Å². The molecule has 5 nitrogen and oxygen atoms in total. The Balaban J connectivity index is 1.13. The number of hydrogen-bond acceptors (Lipinski definition) is 2. The van der Waals surface area contributed by atoms with Crippen LogP contribution in [0, 0.1) is 22.7 Å². The summed E-state index contributed by atoms with van der Waals surface area (Å²) in [5.41, 5.74) is 12.6. The first-order valence-corrected chi connectivity index (χ1v) is 18.3. The number of para-hydroxylation sites is 5. The van der Waals surface area contributed by atoms with Crippen LogP contribution in [-0.4, -0.2) is 13.7 Å². The van der Waals surface area contributed by atoms with Crippen molar-refractivity contribution in [3.05, 3.63) is 187 Å². The van der Waals surface area contributed by atoms with Gasteiger partial charge in [0.2, 0.25) is 0 Å². The summed E-state index contributed by atoms with van der Waals surface area (Å²) < 4.78 is 6.93. The third-order valence-electron chi connectivity index (χ3n) is 11.1. The lowest BCUT2D eigenvalue weighted by atomic mass is 10.00. The van der Waals surface area contributed by atoms with Crippen LogP contribution in [0.25, 0.3) is 93.6 Å². The van der Waals surface area contributed by atoms with Gasteiger partial charge in [-0.3, -0.25) is 0 Å². The number of benzene rings is 8. The summed E-state index contributed by atoms with van der Waals surface area (Å²) in [5, 5.41) is 27.2. The molecule has 0 aliphatic heterocycles. The summed E-state index contributed by atoms with van der Waals surface area (Å²) in [6.07, 6.45) is 0. The molecule has 3 aromatic heterocycles. The molecule has 11 rings (SSSR count). The summed E-state index contributed by atoms with van der Waals surface area (Å²) >= 11 is 0. The van der Waals surface area contributed by atoms with Gasteiger partial charge in [-0.2, -0.15) is 10.5 Å². The third kappa shape index (κ3) is 4.39. The Morgan fingerprint density at radius 3 is 1.58 bits per heavy atom. The van der Waals surface area contributed by atoms with Gasteiger partial charge in [-0.15, -0.1) is 0 Å². The molecule has 0 fully saturated rings. The maximum atomic E-state index is 10.2. The van der Waals surface area contributed by atoms with E-state index in [1.54, 1.807) is 0 Å². The van der Waals surface area contributed by atoms with Crippen molar-refractivity contribution in [1.82, 2.24) is 13.7 Å². The van der Waals surface area contributed by atoms with Crippen LogP contribution in [0.1, 0.15) is 11.1 Å². The predicted octanol–water partition coefficient (Wildman–Crippen LogP) is 12.4. The highest BCUT2D eigenvalue weighted by atomic mass is 15.0. The largest absolute Gasteiger partial charge is 0.309 e. The second-order valence-electron chi connectivity index (χ2n) is 14.0. The molecule has 0 unspecified atom stereocenters. The van der Waals surface area contributed by atoms with Gasteiger partial charge >= 0.3 is 0 Å². The lowest BCUT2D eigenvalue weighted by molar-refractivity contribution is 1.16. The van der Waals surface area contributed by atoms with Crippen LogP contribution >= 0.6 is 0 Å². The van der Waals surface area contributed by atoms with Gasteiger partial charge in [-0.1, -0.05) is 103 Å². The molecule has 0 atom stereocenters. The van der Waals surface area contributed by atoms with E-state index in [1.807, 2.05) is 42.5 Å². The zero-order valence-corrected chi connectivity index (χ0v) is 29.5. The third-order valence-corrected chi connectivity index (χ3v) is 11.1. The monoisotopic (exact) mass is 699 g/mol. The van der Waals surface area contributed by atoms with Crippen molar-refractivity contribution in [2.24, 2.45) is 0 Å². The minimum Gasteiger partial charge on any atom is -0.309 e. The van der Waals surface area contributed by atoms with Gasteiger partial charge in [0.1, 0.15) is 6.07 Å². The van der Waals surface area contributed by atoms with Gasteiger partial charge in [0.15, 0.2) is 0 Å². The molecular formula is C50H29N5. The Bertz CT molecular complexity index is 3400. The number of fused-ring (bicyclic) bond motifs is 9. The fourth-order valence-electron chi connectivity index (χ4n) is 8.83. The van der Waals surface area contributed by atoms with E-state index in [1.165, 1.54) is 32.6 Å². The molecule has 0 aliphatic carbocycles. The van der Waals surface area contributed by atoms with Crippen molar-refractivity contribution in [2.75, 3.05) is 0 Å². The van der Waals surface area contributed by atoms with Gasteiger partial charge in [0.05, 0.1) is 61.7 Å². The van der Waals surface area contributed by atoms with Crippen LogP contribution in [0.3, 0.4) is 0 Å². The Kier molecular flexibility index (Phi) is 6.61. The van der Waals surface area contributed by atoms with Gasteiger partial charge in [0.25, 0.3) is 0 Å². The van der Waals surface area contributed by atoms with Crippen LogP contribution in [0.15, 0.2) is 176 Å². The maximum absolute atomic E-state index is 10.2. The van der Waals surface area contributed by atoms with Crippen molar-refractivity contribution < 1.29 is 0 Å². The summed E-state index contributed by atoms with van der Waals surface area (Å²) in [4.78, 5) is 0. The molecule has 254 valence electrons. The van der Waals surface area contributed by atoms with Crippen LogP contribution in [0.4, 0.5) is 0 Å². The summed E-state index contributed by atoms with van der Waals surface area (Å²) in [5.74, 6) is 0. The highest BCUT2D eigenvalue weighted by Crippen LogP contribution is 2.41. The van der Waals surface area contributed by atoms with Crippen LogP contribution in [-0.2, 0) is 0 Å². The average Bonchev–Trinajstić information content (AvgIpc) is 3.89. The molecule has 0 amide bonds. The molecule has 5 heteroatoms. The number of hydrogen-bond donors (Lipinski definition) is 0. The quantitative estimate of drug-likeness (QED) is 0.184. The SMILES string of the molecule is N#Cc1ccc(-n2c3ccccc3c3cccc(C#N)c32)c(-c2ccc(-n3c4ccccc4c4c(-n5c6ccccc6c6ccccc65)cccc43)cc2)c1. The first kappa shape index (κ1) is 30.7. The van der Waals surface area contributed by atoms with Gasteiger partial charge in [-0.05, 0) is 78.4 Å². The van der Waals surface area contributed by atoms with E-state index in [2.05, 4.69) is 159 Å². The van der Waals surface area contributed by atoms with E-state index in [4.69, 9.17) is 0 Å². The first-order valence-electron chi connectivity index (χ1n) is 18.3. The summed E-state index contributed by atoms with van der Waals surface area (Å²) in [6, 6.07) is 65.9. The zero-order valence-electron chi connectivity index (χ0n) is 29.5. The smallest absolute Gasteiger partial charge is 0.101 e. The first-order chi connectivity index (χ1) is 27.2. The lowest BCUT2D eigenvalue weighted by Gasteiger charge is -2.16. The standard InChI is InChI=1S/C50H29N5/c51-30-32-23-28-46(55-44-19-7-3-14-38(44)39-16-9-11-34(31-52)50(39)55)41(29-32)33-24-26-35(27-25-33)53-45-20-8-4-15-40(45)49-47(53)21-10-22-48(49)54-42-17-5-1-12-36(42)37-13-2-6-18-43(37)54/h1-29H. The van der Waals surface area contributed by atoms with E-state index in [0.29, 0.717) is 11.1 Å². The maximum Gasteiger partial charge on any atom is 0.101 e. The zero-order chi connectivity index (χ0) is 36.6. The van der Waals surface area contributed by atoms with Crippen molar-refractivity contribution in [2.45, 2.75) is 0 Å². The van der Waals surface area contributed by atoms with E-state index in [-0.39, 0.29) is 0 Å². The molecule has 0 radical (unpaired) electrons. The minimum atomic E-state index is 0.573. The van der Waals surface area contributed by atoms with Crippen molar-refractivity contribution in [3.63, 3.8) is 0 Å². The molecule has 0 N–H and O–H groups in total. The van der Waals surface area contributed by atoms with E-state index < -0.39 is 0 Å². The normalized spacial score (nSPS) is 11.6. The Labute approximate surface area is 316 Å². The molecular weight excluding hydrogens is 671 g/mol. The molecule has 0 saturated carbocycles. The van der Waals surface area contributed by atoms with E-state index >= 15 is 0 Å². The number of nitrogens with zero attached hydrogens (tertiary/aromatic N) is 5. The summed E-state index contributed by atoms with van der Waals surface area (Å²) in [7, 11) is 0. The average molecular weight is 700 g/mol. The van der Waals surface area contributed by atoms with Crippen LogP contribution in [0.5, 0.6) is 0 Å². The molecule has 55 heavy (non-hydrogen) atoms. The fraction of sp³-hybridized carbons (Fsp3) is 0. The molecule has 8 aromatic carbocycles. The summed E-state index contributed by atoms with van der Waals surface area (Å²) in [6.45, 7) is 0. The highest BCUT2D eigenvalue weighted by Gasteiger charge is 2.21. The molecule has 11 aromatic rings. The highest BCUT2D eigenvalue weighted by molar-refractivity contribution is 6.16. The molecule has 0 aliphatic rings. The van der Waals surface area contributed by atoms with Gasteiger partial charge < -0.3 is 13.7 Å². The van der Waals surface area contributed by atoms with Crippen molar-refractivity contribution in [3.8, 4) is 40.3 Å². The molecule has 0 saturated heterocycles. The minimum absolute atomic E-state index is 0.573. The van der Waals surface area contributed by atoms with Crippen LogP contribution in [0.2, 0.25) is 0 Å². The molecule has 0 spiro atoms. The Hall–Kier alpha value is -7.86. The second kappa shape index (κ2) is 11.8. The second-order valence-corrected chi connectivity index (χ2v) is 14.0. The number of aromatic nitrogens is 3. The molecule has 0 bridgehead atoms. The van der Waals surface area contributed by atoms with Gasteiger partial charge in [0, 0.05) is 43.6 Å². The molecule has 3 heterocycles. The fourth-order valence-corrected chi connectivity index (χ4v) is 8.83. The Morgan fingerprint density at radius 2 is 0.927 bits per heavy atom. The van der Waals surface area contributed by atoms with Crippen molar-refractivity contribution in [1.29, 1.82) is 10.5 Å². The lowest BCUT2D eigenvalue weighted by Crippen LogP contribution is -2.00. The van der Waals surface area contributed by atoms with Crippen molar-refractivity contribution >= 4 is 65.4 Å². The Morgan fingerprint density at radius 1 is 0.382 bits per heavy atom. The van der Waals surface area contributed by atoms with E-state index in [9.17, 15) is 10.5 Å². The van der Waals surface area contributed by atoms with Crippen LogP contribution < -0.4 is 0 Å².